The molecule has 0 heterocycles. The van der Waals surface area contributed by atoms with Crippen molar-refractivity contribution in [1.29, 1.82) is 0 Å². The predicted molar refractivity (Wildman–Crippen MR) is 172 cm³/mol. The molecule has 3 unspecified atom stereocenters. The van der Waals surface area contributed by atoms with Gasteiger partial charge in [0.25, 0.3) is 11.4 Å². The van der Waals surface area contributed by atoms with Crippen molar-refractivity contribution in [2.45, 2.75) is 130 Å². The van der Waals surface area contributed by atoms with Crippen LogP contribution in [0.1, 0.15) is 130 Å². The lowest BCUT2D eigenvalue weighted by Crippen LogP contribution is -2.58. The number of aliphatic hydroxyl groups excluding tert-OH is 1. The van der Waals surface area contributed by atoms with Crippen LogP contribution in [0.25, 0.3) is 0 Å². The molecule has 4 fully saturated rings. The topological polar surface area (TPSA) is 133 Å². The van der Waals surface area contributed by atoms with E-state index in [2.05, 4.69) is 34.6 Å². The lowest BCUT2D eigenvalue weighted by molar-refractivity contribution is -0.394. The third kappa shape index (κ3) is 6.39. The zero-order valence-electron chi connectivity index (χ0n) is 27.9. The summed E-state index contributed by atoms with van der Waals surface area (Å²) in [7, 11) is 0. The Morgan fingerprint density at radius 1 is 0.978 bits per heavy atom. The van der Waals surface area contributed by atoms with Gasteiger partial charge in [0.05, 0.1) is 34.0 Å². The molecule has 0 saturated heterocycles. The van der Waals surface area contributed by atoms with Crippen molar-refractivity contribution >= 4 is 17.3 Å². The smallest absolute Gasteiger partial charge is 0.309 e. The quantitative estimate of drug-likeness (QED) is 0.147. The van der Waals surface area contributed by atoms with Crippen LogP contribution in [-0.4, -0.2) is 27.0 Å². The van der Waals surface area contributed by atoms with Gasteiger partial charge in [-0.15, -0.1) is 0 Å². The fourth-order valence-corrected chi connectivity index (χ4v) is 11.1. The molecule has 0 amide bonds. The number of carbonyl (C=O) groups excluding carboxylic acids is 1. The second kappa shape index (κ2) is 13.3. The summed E-state index contributed by atoms with van der Waals surface area (Å²) >= 11 is 0. The van der Waals surface area contributed by atoms with Crippen LogP contribution in [-0.2, 0) is 9.53 Å². The molecular formula is C36H54N2O7. The van der Waals surface area contributed by atoms with E-state index in [1.807, 2.05) is 0 Å². The molecule has 45 heavy (non-hydrogen) atoms. The molecule has 1 aromatic carbocycles. The Kier molecular flexibility index (Phi) is 9.98. The van der Waals surface area contributed by atoms with Gasteiger partial charge in [-0.1, -0.05) is 53.9 Å². The number of non-ortho nitro benzene ring substituents is 1. The van der Waals surface area contributed by atoms with Gasteiger partial charge in [0.1, 0.15) is 6.10 Å². The minimum atomic E-state index is -1.49. The van der Waals surface area contributed by atoms with Crippen LogP contribution in [0.3, 0.4) is 0 Å². The van der Waals surface area contributed by atoms with Crippen LogP contribution in [0.5, 0.6) is 0 Å². The Morgan fingerprint density at radius 2 is 1.73 bits per heavy atom. The van der Waals surface area contributed by atoms with Crippen LogP contribution in [0.15, 0.2) is 18.2 Å². The van der Waals surface area contributed by atoms with E-state index < -0.39 is 39.7 Å². The SMILES string of the molecule is CC(C)CCC[C@@H](C)[C@H]1CC[C@H]2[C@@H]3CCC4CCCC(OC(=O)CC(O)c5ccc([N+](=O)[O-])cc5[N+](=O)[O-])[C@]4(C)[C@H]3CC[C@]12C. The van der Waals surface area contributed by atoms with Crippen molar-refractivity contribution in [3.8, 4) is 0 Å². The average Bonchev–Trinajstić information content (AvgIpc) is 3.34. The second-order valence-corrected chi connectivity index (χ2v) is 15.9. The first-order valence-corrected chi connectivity index (χ1v) is 17.6. The Balaban J connectivity index is 1.29. The van der Waals surface area contributed by atoms with E-state index in [0.29, 0.717) is 23.2 Å². The number of aliphatic hydroxyl groups is 1. The van der Waals surface area contributed by atoms with Crippen molar-refractivity contribution in [2.24, 2.45) is 52.3 Å². The molecule has 9 nitrogen and oxygen atoms in total. The van der Waals surface area contributed by atoms with E-state index in [1.54, 1.807) is 0 Å². The van der Waals surface area contributed by atoms with E-state index in [1.165, 1.54) is 57.8 Å². The number of hydrogen-bond acceptors (Lipinski definition) is 7. The van der Waals surface area contributed by atoms with Gasteiger partial charge < -0.3 is 9.84 Å². The fourth-order valence-electron chi connectivity index (χ4n) is 11.1. The summed E-state index contributed by atoms with van der Waals surface area (Å²) in [6.45, 7) is 12.1. The predicted octanol–water partition coefficient (Wildman–Crippen LogP) is 8.96. The Labute approximate surface area is 268 Å². The van der Waals surface area contributed by atoms with Crippen LogP contribution in [0.4, 0.5) is 11.4 Å². The summed E-state index contributed by atoms with van der Waals surface area (Å²) in [5.74, 6) is 4.10. The van der Waals surface area contributed by atoms with Crippen molar-refractivity contribution in [2.75, 3.05) is 0 Å². The zero-order valence-corrected chi connectivity index (χ0v) is 27.9. The molecule has 9 heteroatoms. The minimum Gasteiger partial charge on any atom is -0.462 e. The molecule has 0 spiro atoms. The molecule has 4 aliphatic rings. The first-order chi connectivity index (χ1) is 21.3. The van der Waals surface area contributed by atoms with Crippen molar-refractivity contribution in [1.82, 2.24) is 0 Å². The lowest BCUT2D eigenvalue weighted by atomic mass is 9.44. The second-order valence-electron chi connectivity index (χ2n) is 15.9. The largest absolute Gasteiger partial charge is 0.462 e. The van der Waals surface area contributed by atoms with Gasteiger partial charge in [0.15, 0.2) is 0 Å². The number of fused-ring (bicyclic) bond motifs is 5. The fraction of sp³-hybridized carbons (Fsp3) is 0.806. The Bertz CT molecular complexity index is 1270. The molecule has 1 N–H and O–H groups in total. The highest BCUT2D eigenvalue weighted by Gasteiger charge is 2.62. The zero-order chi connectivity index (χ0) is 32.7. The maximum Gasteiger partial charge on any atom is 0.309 e. The average molecular weight is 627 g/mol. The molecule has 10 atom stereocenters. The molecule has 250 valence electrons. The van der Waals surface area contributed by atoms with Crippen molar-refractivity contribution in [3.63, 3.8) is 0 Å². The summed E-state index contributed by atoms with van der Waals surface area (Å²) in [6.07, 6.45) is 12.2. The summed E-state index contributed by atoms with van der Waals surface area (Å²) < 4.78 is 6.25. The first kappa shape index (κ1) is 33.8. The maximum atomic E-state index is 13.3. The molecular weight excluding hydrogens is 572 g/mol. The number of hydrogen-bond donors (Lipinski definition) is 1. The molecule has 5 rings (SSSR count). The maximum absolute atomic E-state index is 13.3. The van der Waals surface area contributed by atoms with Gasteiger partial charge in [-0.05, 0) is 111 Å². The third-order valence-electron chi connectivity index (χ3n) is 13.3. The van der Waals surface area contributed by atoms with Gasteiger partial charge in [-0.2, -0.15) is 0 Å². The number of nitro benzene ring substituents is 2. The molecule has 0 aliphatic heterocycles. The summed E-state index contributed by atoms with van der Waals surface area (Å²) in [4.78, 5) is 34.6. The minimum absolute atomic E-state index is 0.117. The van der Waals surface area contributed by atoms with Crippen LogP contribution >= 0.6 is 0 Å². The summed E-state index contributed by atoms with van der Waals surface area (Å²) in [5.41, 5.74) is -0.867. The number of carbonyl (C=O) groups is 1. The number of nitro groups is 2. The molecule has 0 bridgehead atoms. The Hall–Kier alpha value is -2.55. The normalized spacial score (nSPS) is 35.5. The Morgan fingerprint density at radius 3 is 2.42 bits per heavy atom. The first-order valence-electron chi connectivity index (χ1n) is 17.6. The third-order valence-corrected chi connectivity index (χ3v) is 13.3. The summed E-state index contributed by atoms with van der Waals surface area (Å²) in [6, 6.07) is 3.11. The summed E-state index contributed by atoms with van der Waals surface area (Å²) in [5, 5.41) is 33.6. The van der Waals surface area contributed by atoms with Gasteiger partial charge >= 0.3 is 5.97 Å². The lowest BCUT2D eigenvalue weighted by Gasteiger charge is -2.62. The van der Waals surface area contributed by atoms with E-state index in [-0.39, 0.29) is 17.1 Å². The van der Waals surface area contributed by atoms with Crippen molar-refractivity contribution in [3.05, 3.63) is 44.0 Å². The highest BCUT2D eigenvalue weighted by Crippen LogP contribution is 2.68. The van der Waals surface area contributed by atoms with Gasteiger partial charge in [-0.3, -0.25) is 25.0 Å². The molecule has 1 aromatic rings. The standard InChI is InChI=1S/C36H54N2O7/c1-22(2)8-6-9-23(3)28-16-17-29-26-14-12-24-10-7-11-33(36(24,5)30(26)18-19-35(28,29)4)45-34(40)21-32(39)27-15-13-25(37(41)42)20-31(27)38(43)44/h13,15,20,22-24,26,28-30,32-33,39H,6-12,14,16-19,21H2,1-5H3/t23-,24?,26+,28-,29+,30+,32?,33?,35-,36+/m1/s1. The van der Waals surface area contributed by atoms with E-state index in [0.717, 1.165) is 61.1 Å². The number of ether oxygens (including phenoxy) is 1. The molecule has 0 aromatic heterocycles. The van der Waals surface area contributed by atoms with Crippen LogP contribution < -0.4 is 0 Å². The van der Waals surface area contributed by atoms with Crippen LogP contribution in [0.2, 0.25) is 0 Å². The van der Waals surface area contributed by atoms with Crippen molar-refractivity contribution < 1.29 is 24.5 Å². The van der Waals surface area contributed by atoms with E-state index in [4.69, 9.17) is 4.74 Å². The monoisotopic (exact) mass is 626 g/mol. The molecule has 4 aliphatic carbocycles. The van der Waals surface area contributed by atoms with Gasteiger partial charge in [-0.25, -0.2) is 0 Å². The van der Waals surface area contributed by atoms with Gasteiger partial charge in [0.2, 0.25) is 0 Å². The molecule has 4 saturated carbocycles. The highest BCUT2D eigenvalue weighted by atomic mass is 16.6. The highest BCUT2D eigenvalue weighted by molar-refractivity contribution is 5.71. The number of benzene rings is 1. The number of rotatable bonds is 11. The van der Waals surface area contributed by atoms with E-state index >= 15 is 0 Å². The van der Waals surface area contributed by atoms with E-state index in [9.17, 15) is 30.1 Å². The number of nitrogens with zero attached hydrogens (tertiary/aromatic N) is 2. The van der Waals surface area contributed by atoms with Gasteiger partial charge in [0, 0.05) is 11.5 Å². The van der Waals surface area contributed by atoms with Crippen LogP contribution in [0, 0.1) is 72.5 Å². The number of esters is 1. The molecule has 0 radical (unpaired) electrons.